The van der Waals surface area contributed by atoms with Crippen molar-refractivity contribution < 1.29 is 58.4 Å². The number of rotatable bonds is 15. The number of sulfone groups is 1. The standard InChI is InChI=1S/C14H13NO7S.C12H27O3P.Cu/c1-23(21,22)8-5-6-9(10(7-8)15(19)20)14(18)13-11(16)3-2-4-12(13)17;1-4-7-10-14-16(13,12-9-6-3)15-11-8-5-2;/h5-7,13H,2-4H2,1H3;4-12H2,1-3H3;. The van der Waals surface area contributed by atoms with Gasteiger partial charge in [-0.3, -0.25) is 29.1 Å². The van der Waals surface area contributed by atoms with Crippen molar-refractivity contribution in [3.8, 4) is 0 Å². The van der Waals surface area contributed by atoms with Crippen molar-refractivity contribution in [1.82, 2.24) is 0 Å². The summed E-state index contributed by atoms with van der Waals surface area (Å²) in [6.07, 6.45) is 7.89. The zero-order valence-electron chi connectivity index (χ0n) is 23.5. The Labute approximate surface area is 247 Å². The van der Waals surface area contributed by atoms with Gasteiger partial charge in [-0.1, -0.05) is 40.0 Å². The van der Waals surface area contributed by atoms with E-state index in [1.165, 1.54) is 0 Å². The average Bonchev–Trinajstić information content (AvgIpc) is 2.87. The fourth-order valence-corrected chi connectivity index (χ4v) is 6.16. The van der Waals surface area contributed by atoms with E-state index in [4.69, 9.17) is 9.05 Å². The molecular formula is C26H40CuNO10PS. The van der Waals surface area contributed by atoms with Crippen LogP contribution in [0.1, 0.15) is 88.9 Å². The molecule has 0 atom stereocenters. The quantitative estimate of drug-likeness (QED) is 0.0434. The number of nitrogens with zero attached hydrogens (tertiary/aromatic N) is 1. The third-order valence-electron chi connectivity index (χ3n) is 5.97. The van der Waals surface area contributed by atoms with E-state index in [1.807, 2.05) is 0 Å². The third-order valence-corrected chi connectivity index (χ3v) is 9.10. The molecule has 1 aliphatic carbocycles. The van der Waals surface area contributed by atoms with Gasteiger partial charge in [-0.2, -0.15) is 0 Å². The molecule has 40 heavy (non-hydrogen) atoms. The van der Waals surface area contributed by atoms with Crippen LogP contribution in [0.2, 0.25) is 0 Å². The van der Waals surface area contributed by atoms with Gasteiger partial charge in [0.2, 0.25) is 0 Å². The molecule has 0 aliphatic heterocycles. The second-order valence-corrected chi connectivity index (χ2v) is 13.6. The molecular weight excluding hydrogens is 613 g/mol. The monoisotopic (exact) mass is 652 g/mol. The van der Waals surface area contributed by atoms with E-state index in [1.54, 1.807) is 0 Å². The Hall–Kier alpha value is -1.75. The molecule has 1 radical (unpaired) electrons. The number of nitro groups is 1. The molecule has 0 amide bonds. The summed E-state index contributed by atoms with van der Waals surface area (Å²) < 4.78 is 46.1. The summed E-state index contributed by atoms with van der Waals surface area (Å²) in [4.78, 5) is 46.0. The Balaban J connectivity index is 0.000000794. The third kappa shape index (κ3) is 12.4. The second-order valence-electron chi connectivity index (χ2n) is 9.35. The SMILES string of the molecule is CCCCOP(=O)(CCCC)OCCCC.CS(=O)(=O)c1ccc(C(=O)C2C(=O)CCCC2=O)c([N+](=O)[O-])c1.[Cu]. The molecule has 14 heteroatoms. The van der Waals surface area contributed by atoms with Crippen molar-refractivity contribution >= 4 is 40.5 Å². The molecule has 0 heterocycles. The van der Waals surface area contributed by atoms with Crippen LogP contribution >= 0.6 is 7.60 Å². The predicted octanol–water partition coefficient (Wildman–Crippen LogP) is 5.73. The second kappa shape index (κ2) is 18.6. The minimum atomic E-state index is -3.70. The first-order valence-electron chi connectivity index (χ1n) is 13.3. The molecule has 1 aromatic rings. The summed E-state index contributed by atoms with van der Waals surface area (Å²) in [7, 11) is -6.49. The number of benzene rings is 1. The zero-order chi connectivity index (χ0) is 29.6. The summed E-state index contributed by atoms with van der Waals surface area (Å²) in [6, 6.07) is 2.79. The number of carbonyl (C=O) groups is 3. The summed E-state index contributed by atoms with van der Waals surface area (Å²) in [5.74, 6) is -3.61. The number of Topliss-reactive ketones (excluding diaryl/α,β-unsaturated/α-hetero) is 3. The largest absolute Gasteiger partial charge is 0.330 e. The molecule has 0 spiro atoms. The van der Waals surface area contributed by atoms with Gasteiger partial charge >= 0.3 is 7.60 Å². The number of unbranched alkanes of at least 4 members (excludes halogenated alkanes) is 3. The molecule has 0 N–H and O–H groups in total. The Morgan fingerprint density at radius 2 is 1.50 bits per heavy atom. The molecule has 1 saturated carbocycles. The maximum atomic E-state index is 12.4. The first kappa shape index (κ1) is 38.2. The Kier molecular flexibility index (Phi) is 17.8. The van der Waals surface area contributed by atoms with Crippen molar-refractivity contribution in [3.63, 3.8) is 0 Å². The zero-order valence-corrected chi connectivity index (χ0v) is 26.1. The summed E-state index contributed by atoms with van der Waals surface area (Å²) >= 11 is 0. The molecule has 0 bridgehead atoms. The van der Waals surface area contributed by atoms with Gasteiger partial charge in [0, 0.05) is 42.2 Å². The van der Waals surface area contributed by atoms with Gasteiger partial charge in [0.25, 0.3) is 5.69 Å². The number of carbonyl (C=O) groups excluding carboxylic acids is 3. The summed E-state index contributed by atoms with van der Waals surface area (Å²) in [6.45, 7) is 7.40. The molecule has 0 aromatic heterocycles. The van der Waals surface area contributed by atoms with E-state index in [0.29, 0.717) is 25.8 Å². The Morgan fingerprint density at radius 3 is 1.93 bits per heavy atom. The van der Waals surface area contributed by atoms with Crippen LogP contribution in [0.5, 0.6) is 0 Å². The maximum absolute atomic E-state index is 12.4. The van der Waals surface area contributed by atoms with Crippen LogP contribution < -0.4 is 0 Å². The van der Waals surface area contributed by atoms with Gasteiger partial charge in [-0.25, -0.2) is 8.42 Å². The summed E-state index contributed by atoms with van der Waals surface area (Å²) in [5, 5.41) is 11.1. The van der Waals surface area contributed by atoms with E-state index in [9.17, 15) is 37.5 Å². The van der Waals surface area contributed by atoms with Crippen LogP contribution in [-0.4, -0.2) is 56.3 Å². The minimum Gasteiger partial charge on any atom is -0.309 e. The van der Waals surface area contributed by atoms with Gasteiger partial charge in [0.1, 0.15) is 5.92 Å². The maximum Gasteiger partial charge on any atom is 0.330 e. The van der Waals surface area contributed by atoms with Gasteiger partial charge in [-0.05, 0) is 37.8 Å². The first-order chi connectivity index (χ1) is 18.3. The molecule has 1 aromatic carbocycles. The van der Waals surface area contributed by atoms with Crippen LogP contribution in [0.15, 0.2) is 23.1 Å². The van der Waals surface area contributed by atoms with Crippen molar-refractivity contribution in [2.75, 3.05) is 25.6 Å². The van der Waals surface area contributed by atoms with Crippen LogP contribution in [0.4, 0.5) is 5.69 Å². The van der Waals surface area contributed by atoms with Gasteiger partial charge in [0.05, 0.1) is 34.8 Å². The first-order valence-corrected chi connectivity index (χ1v) is 16.9. The smallest absolute Gasteiger partial charge is 0.309 e. The topological polar surface area (TPSA) is 164 Å². The molecule has 1 aliphatic rings. The normalized spacial score (nSPS) is 14.2. The molecule has 11 nitrogen and oxygen atoms in total. The average molecular weight is 653 g/mol. The Morgan fingerprint density at radius 1 is 1.00 bits per heavy atom. The van der Waals surface area contributed by atoms with Gasteiger partial charge in [-0.15, -0.1) is 0 Å². The fraction of sp³-hybridized carbons (Fsp3) is 0.654. The number of nitro benzene ring substituents is 1. The van der Waals surface area contributed by atoms with Gasteiger partial charge < -0.3 is 9.05 Å². The number of hydrogen-bond acceptors (Lipinski definition) is 10. The van der Waals surface area contributed by atoms with E-state index in [-0.39, 0.29) is 34.8 Å². The van der Waals surface area contributed by atoms with E-state index in [0.717, 1.165) is 63.0 Å². The van der Waals surface area contributed by atoms with Crippen LogP contribution in [0.3, 0.4) is 0 Å². The van der Waals surface area contributed by atoms with Crippen LogP contribution in [0, 0.1) is 16.0 Å². The molecule has 231 valence electrons. The minimum absolute atomic E-state index is 0. The van der Waals surface area contributed by atoms with Crippen LogP contribution in [0.25, 0.3) is 0 Å². The molecule has 0 unspecified atom stereocenters. The van der Waals surface area contributed by atoms with Crippen molar-refractivity contribution in [2.45, 2.75) is 83.5 Å². The Bertz CT molecular complexity index is 1140. The van der Waals surface area contributed by atoms with E-state index in [2.05, 4.69) is 20.8 Å². The predicted molar refractivity (Wildman–Crippen MR) is 147 cm³/mol. The number of ketones is 3. The van der Waals surface area contributed by atoms with E-state index < -0.39 is 56.9 Å². The molecule has 0 saturated heterocycles. The fourth-order valence-electron chi connectivity index (χ4n) is 3.67. The molecule has 2 rings (SSSR count). The van der Waals surface area contributed by atoms with Gasteiger partial charge in [0.15, 0.2) is 27.2 Å². The summed E-state index contributed by atoms with van der Waals surface area (Å²) in [5.41, 5.74) is -1.17. The van der Waals surface area contributed by atoms with Crippen molar-refractivity contribution in [2.24, 2.45) is 5.92 Å². The molecule has 1 fully saturated rings. The van der Waals surface area contributed by atoms with Crippen molar-refractivity contribution in [3.05, 3.63) is 33.9 Å². The van der Waals surface area contributed by atoms with E-state index >= 15 is 0 Å². The van der Waals surface area contributed by atoms with Crippen LogP contribution in [-0.2, 0) is 50.1 Å². The van der Waals surface area contributed by atoms with Crippen molar-refractivity contribution in [1.29, 1.82) is 0 Å². The number of hydrogen-bond donors (Lipinski definition) is 0.